The van der Waals surface area contributed by atoms with Gasteiger partial charge in [-0.1, -0.05) is 27.2 Å². The van der Waals surface area contributed by atoms with Crippen LogP contribution in [0.5, 0.6) is 0 Å². The van der Waals surface area contributed by atoms with Crippen molar-refractivity contribution in [3.8, 4) is 0 Å². The van der Waals surface area contributed by atoms with Crippen molar-refractivity contribution >= 4 is 11.8 Å². The molecule has 0 aliphatic carbocycles. The van der Waals surface area contributed by atoms with Gasteiger partial charge in [-0.05, 0) is 19.3 Å². The van der Waals surface area contributed by atoms with Gasteiger partial charge in [-0.2, -0.15) is 0 Å². The van der Waals surface area contributed by atoms with Gasteiger partial charge in [-0.15, -0.1) is 0 Å². The molecule has 0 unspecified atom stereocenters. The third kappa shape index (κ3) is 6.94. The number of hydrogen-bond acceptors (Lipinski definition) is 3. The summed E-state index contributed by atoms with van der Waals surface area (Å²) in [5.41, 5.74) is 0. The first-order valence-electron chi connectivity index (χ1n) is 6.39. The average molecular weight is 244 g/mol. The van der Waals surface area contributed by atoms with Crippen molar-refractivity contribution in [2.45, 2.75) is 46.5 Å². The van der Waals surface area contributed by atoms with Crippen LogP contribution in [0.25, 0.3) is 0 Å². The zero-order valence-electron chi connectivity index (χ0n) is 11.1. The smallest absolute Gasteiger partial charge is 0.335 e. The number of carbonyl (C=O) groups excluding carboxylic acids is 2. The Morgan fingerprint density at radius 3 is 2.35 bits per heavy atom. The first-order valence-corrected chi connectivity index (χ1v) is 6.39. The molecular formula is C12H24N2O3. The van der Waals surface area contributed by atoms with E-state index in [0.29, 0.717) is 19.7 Å². The Morgan fingerprint density at radius 1 is 1.12 bits per heavy atom. The van der Waals surface area contributed by atoms with Crippen LogP contribution in [0.4, 0.5) is 0 Å². The van der Waals surface area contributed by atoms with Gasteiger partial charge in [-0.25, -0.2) is 5.06 Å². The predicted molar refractivity (Wildman–Crippen MR) is 66.2 cm³/mol. The van der Waals surface area contributed by atoms with E-state index >= 15 is 0 Å². The normalized spacial score (nSPS) is 10.1. The molecule has 0 saturated heterocycles. The molecule has 0 aliphatic heterocycles. The summed E-state index contributed by atoms with van der Waals surface area (Å²) >= 11 is 0. The van der Waals surface area contributed by atoms with Crippen LogP contribution in [-0.2, 0) is 14.4 Å². The molecule has 5 nitrogen and oxygen atoms in total. The Hall–Kier alpha value is -1.10. The summed E-state index contributed by atoms with van der Waals surface area (Å²) in [6, 6.07) is 0. The minimum atomic E-state index is -0.601. The topological polar surface area (TPSA) is 58.6 Å². The van der Waals surface area contributed by atoms with Crippen molar-refractivity contribution in [2.24, 2.45) is 0 Å². The molecular weight excluding hydrogens is 220 g/mol. The number of unbranched alkanes of at least 4 members (excludes halogenated alkanes) is 1. The third-order valence-corrected chi connectivity index (χ3v) is 2.13. The van der Waals surface area contributed by atoms with Crippen molar-refractivity contribution in [1.29, 1.82) is 0 Å². The lowest BCUT2D eigenvalue weighted by molar-refractivity contribution is -0.189. The SMILES string of the molecule is CCCCON(CCC)C(=O)C(=O)NCCC. The Morgan fingerprint density at radius 2 is 1.82 bits per heavy atom. The second kappa shape index (κ2) is 10.1. The molecule has 1 N–H and O–H groups in total. The molecule has 2 amide bonds. The van der Waals surface area contributed by atoms with E-state index < -0.39 is 11.8 Å². The molecule has 0 aromatic carbocycles. The van der Waals surface area contributed by atoms with E-state index in [1.807, 2.05) is 20.8 Å². The molecule has 100 valence electrons. The summed E-state index contributed by atoms with van der Waals surface area (Å²) in [5, 5.41) is 3.72. The zero-order valence-corrected chi connectivity index (χ0v) is 11.1. The van der Waals surface area contributed by atoms with Crippen molar-refractivity contribution < 1.29 is 14.4 Å². The van der Waals surface area contributed by atoms with Crippen LogP contribution in [0.3, 0.4) is 0 Å². The number of hydroxylamine groups is 2. The van der Waals surface area contributed by atoms with Gasteiger partial charge in [0.25, 0.3) is 0 Å². The molecule has 0 fully saturated rings. The maximum absolute atomic E-state index is 11.7. The predicted octanol–water partition coefficient (Wildman–Crippen LogP) is 1.48. The number of nitrogens with one attached hydrogen (secondary N) is 1. The summed E-state index contributed by atoms with van der Waals surface area (Å²) in [4.78, 5) is 28.5. The molecule has 0 saturated carbocycles. The van der Waals surface area contributed by atoms with E-state index in [9.17, 15) is 9.59 Å². The fourth-order valence-electron chi connectivity index (χ4n) is 1.17. The van der Waals surface area contributed by atoms with Crippen molar-refractivity contribution in [1.82, 2.24) is 10.4 Å². The molecule has 0 aromatic heterocycles. The highest BCUT2D eigenvalue weighted by atomic mass is 16.7. The van der Waals surface area contributed by atoms with Gasteiger partial charge in [0.2, 0.25) is 0 Å². The van der Waals surface area contributed by atoms with E-state index in [-0.39, 0.29) is 0 Å². The lowest BCUT2D eigenvalue weighted by Crippen LogP contribution is -2.43. The van der Waals surface area contributed by atoms with E-state index in [2.05, 4.69) is 5.32 Å². The van der Waals surface area contributed by atoms with Crippen molar-refractivity contribution in [3.05, 3.63) is 0 Å². The fraction of sp³-hybridized carbons (Fsp3) is 0.833. The zero-order chi connectivity index (χ0) is 13.1. The van der Waals surface area contributed by atoms with Crippen LogP contribution in [0.1, 0.15) is 46.5 Å². The number of amides is 2. The third-order valence-electron chi connectivity index (χ3n) is 2.13. The standard InChI is InChI=1S/C12H24N2O3/c1-4-7-10-17-14(9-6-3)12(16)11(15)13-8-5-2/h4-10H2,1-3H3,(H,13,15). The van der Waals surface area contributed by atoms with E-state index in [1.54, 1.807) is 0 Å². The van der Waals surface area contributed by atoms with Crippen LogP contribution >= 0.6 is 0 Å². The second-order valence-electron chi connectivity index (χ2n) is 3.85. The molecule has 0 spiro atoms. The molecule has 0 aromatic rings. The monoisotopic (exact) mass is 244 g/mol. The molecule has 0 heterocycles. The van der Waals surface area contributed by atoms with Gasteiger partial charge in [-0.3, -0.25) is 14.4 Å². The molecule has 0 radical (unpaired) electrons. The Bertz CT molecular complexity index is 232. The summed E-state index contributed by atoms with van der Waals surface area (Å²) in [5.74, 6) is -1.19. The second-order valence-corrected chi connectivity index (χ2v) is 3.85. The maximum Gasteiger partial charge on any atom is 0.335 e. The van der Waals surface area contributed by atoms with Gasteiger partial charge in [0, 0.05) is 13.1 Å². The van der Waals surface area contributed by atoms with Crippen LogP contribution < -0.4 is 5.32 Å². The summed E-state index contributed by atoms with van der Waals surface area (Å²) in [6.45, 7) is 7.36. The Kier molecular flexibility index (Phi) is 9.43. The van der Waals surface area contributed by atoms with Crippen molar-refractivity contribution in [2.75, 3.05) is 19.7 Å². The molecule has 5 heteroatoms. The first-order chi connectivity index (χ1) is 8.17. The van der Waals surface area contributed by atoms with Crippen LogP contribution in [0.15, 0.2) is 0 Å². The number of carbonyl (C=O) groups is 2. The average Bonchev–Trinajstić information content (AvgIpc) is 2.34. The largest absolute Gasteiger partial charge is 0.348 e. The van der Waals surface area contributed by atoms with Gasteiger partial charge in [0.15, 0.2) is 0 Å². The summed E-state index contributed by atoms with van der Waals surface area (Å²) in [7, 11) is 0. The lowest BCUT2D eigenvalue weighted by atomic mass is 10.4. The van der Waals surface area contributed by atoms with Gasteiger partial charge in [0.05, 0.1) is 6.61 Å². The van der Waals surface area contributed by atoms with E-state index in [1.165, 1.54) is 5.06 Å². The highest BCUT2D eigenvalue weighted by Gasteiger charge is 2.21. The summed E-state index contributed by atoms with van der Waals surface area (Å²) < 4.78 is 0. The minimum Gasteiger partial charge on any atom is -0.348 e. The molecule has 0 bridgehead atoms. The van der Waals surface area contributed by atoms with Crippen LogP contribution in [0.2, 0.25) is 0 Å². The van der Waals surface area contributed by atoms with E-state index in [4.69, 9.17) is 4.84 Å². The van der Waals surface area contributed by atoms with Gasteiger partial charge in [0.1, 0.15) is 0 Å². The highest BCUT2D eigenvalue weighted by Crippen LogP contribution is 1.98. The van der Waals surface area contributed by atoms with Crippen LogP contribution in [-0.4, -0.2) is 36.6 Å². The Balaban J connectivity index is 4.16. The van der Waals surface area contributed by atoms with Crippen molar-refractivity contribution in [3.63, 3.8) is 0 Å². The molecule has 0 atom stereocenters. The first kappa shape index (κ1) is 15.9. The minimum absolute atomic E-state index is 0.447. The van der Waals surface area contributed by atoms with Gasteiger partial charge >= 0.3 is 11.8 Å². The molecule has 0 aliphatic rings. The van der Waals surface area contributed by atoms with Crippen LogP contribution in [0, 0.1) is 0 Å². The fourth-order valence-corrected chi connectivity index (χ4v) is 1.17. The van der Waals surface area contributed by atoms with Gasteiger partial charge < -0.3 is 5.32 Å². The Labute approximate surface area is 103 Å². The van der Waals surface area contributed by atoms with E-state index in [0.717, 1.165) is 25.7 Å². The molecule has 17 heavy (non-hydrogen) atoms. The lowest BCUT2D eigenvalue weighted by Gasteiger charge is -2.20. The highest BCUT2D eigenvalue weighted by molar-refractivity contribution is 6.34. The number of hydrogen-bond donors (Lipinski definition) is 1. The number of nitrogens with zero attached hydrogens (tertiary/aromatic N) is 1. The number of rotatable bonds is 8. The maximum atomic E-state index is 11.7. The summed E-state index contributed by atoms with van der Waals surface area (Å²) in [6.07, 6.45) is 3.45. The molecule has 0 rings (SSSR count). The quantitative estimate of drug-likeness (QED) is 0.400.